The zero-order valence-electron chi connectivity index (χ0n) is 7.06. The lowest BCUT2D eigenvalue weighted by Gasteiger charge is -2.22. The third kappa shape index (κ3) is 3.36. The van der Waals surface area contributed by atoms with Crippen LogP contribution < -0.4 is 5.32 Å². The molecule has 4 heteroatoms. The van der Waals surface area contributed by atoms with Crippen molar-refractivity contribution < 1.29 is 4.39 Å². The molecule has 11 heavy (non-hydrogen) atoms. The summed E-state index contributed by atoms with van der Waals surface area (Å²) in [5.41, 5.74) is -0.969. The van der Waals surface area contributed by atoms with Crippen LogP contribution in [0, 0.1) is 0 Å². The van der Waals surface area contributed by atoms with E-state index in [1.807, 2.05) is 19.0 Å². The van der Waals surface area contributed by atoms with Crippen molar-refractivity contribution in [1.82, 2.24) is 10.2 Å². The van der Waals surface area contributed by atoms with Crippen LogP contribution in [0.3, 0.4) is 0 Å². The van der Waals surface area contributed by atoms with E-state index in [2.05, 4.69) is 5.32 Å². The standard InChI is InChI=1S/C7H15FN2.ClH/c1-10(2)6-7(8)3-4-9-5-7;/h9H,3-6H2,1-2H3;1H. The van der Waals surface area contributed by atoms with Crippen LogP contribution in [0.1, 0.15) is 6.42 Å². The Kier molecular flexibility index (Phi) is 4.29. The molecule has 0 radical (unpaired) electrons. The number of nitrogens with zero attached hydrogens (tertiary/aromatic N) is 1. The lowest BCUT2D eigenvalue weighted by atomic mass is 10.1. The maximum atomic E-state index is 13.5. The monoisotopic (exact) mass is 182 g/mol. The van der Waals surface area contributed by atoms with E-state index in [0.29, 0.717) is 19.5 Å². The Labute approximate surface area is 73.6 Å². The first kappa shape index (κ1) is 11.1. The zero-order valence-corrected chi connectivity index (χ0v) is 7.88. The molecule has 0 aromatic heterocycles. The molecule has 1 heterocycles. The van der Waals surface area contributed by atoms with Gasteiger partial charge in [-0.05, 0) is 27.1 Å². The van der Waals surface area contributed by atoms with Gasteiger partial charge >= 0.3 is 0 Å². The maximum Gasteiger partial charge on any atom is 0.137 e. The molecule has 0 spiro atoms. The summed E-state index contributed by atoms with van der Waals surface area (Å²) < 4.78 is 13.5. The van der Waals surface area contributed by atoms with Gasteiger partial charge in [0.15, 0.2) is 0 Å². The van der Waals surface area contributed by atoms with Gasteiger partial charge in [-0.15, -0.1) is 12.4 Å². The second-order valence-corrected chi connectivity index (χ2v) is 3.32. The lowest BCUT2D eigenvalue weighted by molar-refractivity contribution is 0.139. The van der Waals surface area contributed by atoms with Crippen molar-refractivity contribution in [3.05, 3.63) is 0 Å². The zero-order chi connectivity index (χ0) is 7.61. The van der Waals surface area contributed by atoms with Crippen molar-refractivity contribution >= 4 is 12.4 Å². The van der Waals surface area contributed by atoms with Crippen molar-refractivity contribution in [2.24, 2.45) is 0 Å². The molecule has 1 unspecified atom stereocenters. The molecule has 1 aliphatic rings. The molecular weight excluding hydrogens is 167 g/mol. The van der Waals surface area contributed by atoms with Gasteiger partial charge in [-0.1, -0.05) is 0 Å². The molecule has 68 valence electrons. The van der Waals surface area contributed by atoms with Gasteiger partial charge in [0.25, 0.3) is 0 Å². The summed E-state index contributed by atoms with van der Waals surface area (Å²) >= 11 is 0. The molecule has 0 aromatic carbocycles. The summed E-state index contributed by atoms with van der Waals surface area (Å²) in [6, 6.07) is 0. The van der Waals surface area contributed by atoms with E-state index < -0.39 is 5.67 Å². The Morgan fingerprint density at radius 1 is 1.55 bits per heavy atom. The van der Waals surface area contributed by atoms with Crippen molar-refractivity contribution in [3.8, 4) is 0 Å². The van der Waals surface area contributed by atoms with Crippen molar-refractivity contribution in [2.75, 3.05) is 33.7 Å². The Morgan fingerprint density at radius 3 is 2.55 bits per heavy atom. The molecule has 0 saturated carbocycles. The van der Waals surface area contributed by atoms with E-state index in [-0.39, 0.29) is 12.4 Å². The van der Waals surface area contributed by atoms with Crippen LogP contribution in [0.25, 0.3) is 0 Å². The first-order valence-electron chi connectivity index (χ1n) is 3.67. The second kappa shape index (κ2) is 4.24. The van der Waals surface area contributed by atoms with Crippen molar-refractivity contribution in [2.45, 2.75) is 12.1 Å². The molecular formula is C7H16ClFN2. The van der Waals surface area contributed by atoms with Gasteiger partial charge < -0.3 is 10.2 Å². The van der Waals surface area contributed by atoms with Crippen LogP contribution >= 0.6 is 12.4 Å². The first-order valence-corrected chi connectivity index (χ1v) is 3.67. The predicted molar refractivity (Wildman–Crippen MR) is 47.1 cm³/mol. The Hall–Kier alpha value is 0.140. The molecule has 0 aromatic rings. The number of halogens is 2. The highest BCUT2D eigenvalue weighted by atomic mass is 35.5. The highest BCUT2D eigenvalue weighted by Gasteiger charge is 2.33. The third-order valence-electron chi connectivity index (χ3n) is 1.79. The van der Waals surface area contributed by atoms with Gasteiger partial charge in [0.2, 0.25) is 0 Å². The molecule has 0 amide bonds. The van der Waals surface area contributed by atoms with E-state index in [1.54, 1.807) is 0 Å². The molecule has 0 aliphatic carbocycles. The fraction of sp³-hybridized carbons (Fsp3) is 1.00. The lowest BCUT2D eigenvalue weighted by Crippen LogP contribution is -2.37. The number of hydrogen-bond donors (Lipinski definition) is 1. The Bertz CT molecular complexity index is 113. The van der Waals surface area contributed by atoms with Gasteiger partial charge in [0.05, 0.1) is 0 Å². The van der Waals surface area contributed by atoms with E-state index >= 15 is 0 Å². The van der Waals surface area contributed by atoms with E-state index in [0.717, 1.165) is 6.54 Å². The SMILES string of the molecule is CN(C)CC1(F)CCNC1.Cl. The normalized spacial score (nSPS) is 30.5. The largest absolute Gasteiger partial charge is 0.313 e. The second-order valence-electron chi connectivity index (χ2n) is 3.32. The van der Waals surface area contributed by atoms with Crippen molar-refractivity contribution in [1.29, 1.82) is 0 Å². The van der Waals surface area contributed by atoms with Gasteiger partial charge in [-0.2, -0.15) is 0 Å². The molecule has 1 aliphatic heterocycles. The smallest absolute Gasteiger partial charge is 0.137 e. The van der Waals surface area contributed by atoms with Gasteiger partial charge in [-0.25, -0.2) is 4.39 Å². The fourth-order valence-corrected chi connectivity index (χ4v) is 1.41. The molecule has 1 atom stereocenters. The molecule has 1 saturated heterocycles. The van der Waals surface area contributed by atoms with E-state index in [4.69, 9.17) is 0 Å². The van der Waals surface area contributed by atoms with Crippen LogP contribution in [0.2, 0.25) is 0 Å². The third-order valence-corrected chi connectivity index (χ3v) is 1.79. The van der Waals surface area contributed by atoms with Gasteiger partial charge in [-0.3, -0.25) is 0 Å². The molecule has 1 N–H and O–H groups in total. The van der Waals surface area contributed by atoms with Gasteiger partial charge in [0.1, 0.15) is 5.67 Å². The summed E-state index contributed by atoms with van der Waals surface area (Å²) in [6.45, 7) is 1.88. The topological polar surface area (TPSA) is 15.3 Å². The average molecular weight is 183 g/mol. The highest BCUT2D eigenvalue weighted by Crippen LogP contribution is 2.19. The quantitative estimate of drug-likeness (QED) is 0.676. The minimum atomic E-state index is -0.969. The highest BCUT2D eigenvalue weighted by molar-refractivity contribution is 5.85. The first-order chi connectivity index (χ1) is 4.62. The number of nitrogens with one attached hydrogen (secondary N) is 1. The van der Waals surface area contributed by atoms with Gasteiger partial charge in [0, 0.05) is 13.1 Å². The number of hydrogen-bond acceptors (Lipinski definition) is 2. The van der Waals surface area contributed by atoms with Crippen LogP contribution in [-0.2, 0) is 0 Å². The summed E-state index contributed by atoms with van der Waals surface area (Å²) in [4.78, 5) is 1.90. The Balaban J connectivity index is 0.000001000. The summed E-state index contributed by atoms with van der Waals surface area (Å²) in [6.07, 6.45) is 0.658. The molecule has 1 fully saturated rings. The van der Waals surface area contributed by atoms with E-state index in [9.17, 15) is 4.39 Å². The number of rotatable bonds is 2. The van der Waals surface area contributed by atoms with E-state index in [1.165, 1.54) is 0 Å². The molecule has 1 rings (SSSR count). The molecule has 0 bridgehead atoms. The Morgan fingerprint density at radius 2 is 2.18 bits per heavy atom. The predicted octanol–water partition coefficient (Wildman–Crippen LogP) is 0.671. The van der Waals surface area contributed by atoms with Crippen LogP contribution in [0.15, 0.2) is 0 Å². The maximum absolute atomic E-state index is 13.5. The van der Waals surface area contributed by atoms with Crippen LogP contribution in [0.4, 0.5) is 4.39 Å². The minimum absolute atomic E-state index is 0. The van der Waals surface area contributed by atoms with Crippen LogP contribution in [-0.4, -0.2) is 44.3 Å². The summed E-state index contributed by atoms with van der Waals surface area (Å²) in [5.74, 6) is 0. The molecule has 2 nitrogen and oxygen atoms in total. The fourth-order valence-electron chi connectivity index (χ4n) is 1.41. The number of alkyl halides is 1. The summed E-state index contributed by atoms with van der Waals surface area (Å²) in [5, 5.41) is 3.02. The minimum Gasteiger partial charge on any atom is -0.313 e. The average Bonchev–Trinajstić information content (AvgIpc) is 2.12. The van der Waals surface area contributed by atoms with Crippen LogP contribution in [0.5, 0.6) is 0 Å². The summed E-state index contributed by atoms with van der Waals surface area (Å²) in [7, 11) is 3.80. The van der Waals surface area contributed by atoms with Crippen molar-refractivity contribution in [3.63, 3.8) is 0 Å².